The third-order valence-corrected chi connectivity index (χ3v) is 3.70. The average Bonchev–Trinajstić information content (AvgIpc) is 2.40. The lowest BCUT2D eigenvalue weighted by atomic mass is 10.3. The number of para-hydroxylation sites is 1. The number of hydrogen-bond acceptors (Lipinski definition) is 3. The zero-order valence-electron chi connectivity index (χ0n) is 10.1. The second-order valence-electron chi connectivity index (χ2n) is 3.81. The van der Waals surface area contributed by atoms with E-state index in [2.05, 4.69) is 0 Å². The van der Waals surface area contributed by atoms with Crippen molar-refractivity contribution in [3.05, 3.63) is 53.3 Å². The molecule has 0 atom stereocenters. The van der Waals surface area contributed by atoms with E-state index in [1.54, 1.807) is 36.0 Å². The summed E-state index contributed by atoms with van der Waals surface area (Å²) in [5.74, 6) is 0.635. The maximum atomic E-state index is 13.3. The molecule has 0 aliphatic heterocycles. The molecule has 0 aromatic heterocycles. The smallest absolute Gasteiger partial charge is 0.165 e. The first-order chi connectivity index (χ1) is 9.16. The molecule has 0 saturated heterocycles. The number of rotatable bonds is 5. The number of anilines is 1. The van der Waals surface area contributed by atoms with Gasteiger partial charge in [0, 0.05) is 10.6 Å². The van der Waals surface area contributed by atoms with Crippen molar-refractivity contribution in [1.29, 1.82) is 0 Å². The molecule has 0 radical (unpaired) electrons. The molecule has 2 aromatic rings. The van der Waals surface area contributed by atoms with Crippen LogP contribution >= 0.6 is 23.4 Å². The number of nitrogens with two attached hydrogens (primary N) is 1. The van der Waals surface area contributed by atoms with Crippen LogP contribution < -0.4 is 10.5 Å². The molecule has 2 N–H and O–H groups in total. The van der Waals surface area contributed by atoms with Gasteiger partial charge >= 0.3 is 0 Å². The molecule has 2 rings (SSSR count). The van der Waals surface area contributed by atoms with Gasteiger partial charge in [0.1, 0.15) is 0 Å². The van der Waals surface area contributed by atoms with Gasteiger partial charge < -0.3 is 10.5 Å². The Kier molecular flexibility index (Phi) is 4.93. The Morgan fingerprint density at radius 1 is 1.21 bits per heavy atom. The Bertz CT molecular complexity index is 565. The summed E-state index contributed by atoms with van der Waals surface area (Å²) in [7, 11) is 0. The van der Waals surface area contributed by atoms with Gasteiger partial charge in [0.25, 0.3) is 0 Å². The van der Waals surface area contributed by atoms with Gasteiger partial charge in [-0.3, -0.25) is 0 Å². The number of hydrogen-bond donors (Lipinski definition) is 1. The van der Waals surface area contributed by atoms with Crippen molar-refractivity contribution in [3.8, 4) is 5.75 Å². The summed E-state index contributed by atoms with van der Waals surface area (Å²) in [5, 5.41) is 0.542. The SMILES string of the molecule is Nc1ccc(SCCOc2ccccc2F)cc1Cl. The number of ether oxygens (including phenoxy) is 1. The maximum Gasteiger partial charge on any atom is 0.165 e. The van der Waals surface area contributed by atoms with Gasteiger partial charge in [-0.1, -0.05) is 23.7 Å². The monoisotopic (exact) mass is 297 g/mol. The first kappa shape index (κ1) is 14.0. The average molecular weight is 298 g/mol. The highest BCUT2D eigenvalue weighted by atomic mass is 35.5. The normalized spacial score (nSPS) is 10.4. The molecule has 0 bridgehead atoms. The lowest BCUT2D eigenvalue weighted by Gasteiger charge is -2.07. The molecule has 0 spiro atoms. The topological polar surface area (TPSA) is 35.2 Å². The van der Waals surface area contributed by atoms with Crippen LogP contribution in [0.2, 0.25) is 5.02 Å². The van der Waals surface area contributed by atoms with E-state index in [9.17, 15) is 4.39 Å². The zero-order chi connectivity index (χ0) is 13.7. The van der Waals surface area contributed by atoms with E-state index in [1.165, 1.54) is 6.07 Å². The second-order valence-corrected chi connectivity index (χ2v) is 5.39. The maximum absolute atomic E-state index is 13.3. The molecule has 2 nitrogen and oxygen atoms in total. The van der Waals surface area contributed by atoms with E-state index >= 15 is 0 Å². The molecular weight excluding hydrogens is 285 g/mol. The summed E-state index contributed by atoms with van der Waals surface area (Å²) >= 11 is 7.51. The van der Waals surface area contributed by atoms with Gasteiger partial charge in [0.05, 0.1) is 17.3 Å². The molecule has 19 heavy (non-hydrogen) atoms. The van der Waals surface area contributed by atoms with E-state index < -0.39 is 0 Å². The number of thioether (sulfide) groups is 1. The fourth-order valence-electron chi connectivity index (χ4n) is 1.47. The third kappa shape index (κ3) is 4.04. The van der Waals surface area contributed by atoms with E-state index in [4.69, 9.17) is 22.1 Å². The number of halogens is 2. The van der Waals surface area contributed by atoms with Gasteiger partial charge in [-0.2, -0.15) is 0 Å². The highest BCUT2D eigenvalue weighted by Crippen LogP contribution is 2.26. The highest BCUT2D eigenvalue weighted by Gasteiger charge is 2.02. The minimum Gasteiger partial charge on any atom is -0.490 e. The molecule has 0 aliphatic rings. The van der Waals surface area contributed by atoms with Crippen LogP contribution in [0.4, 0.5) is 10.1 Å². The van der Waals surface area contributed by atoms with Crippen molar-refractivity contribution in [2.75, 3.05) is 18.1 Å². The van der Waals surface area contributed by atoms with E-state index in [1.807, 2.05) is 12.1 Å². The van der Waals surface area contributed by atoms with Crippen molar-refractivity contribution < 1.29 is 9.13 Å². The summed E-state index contributed by atoms with van der Waals surface area (Å²) in [6.45, 7) is 0.424. The van der Waals surface area contributed by atoms with Crippen molar-refractivity contribution >= 4 is 29.1 Å². The van der Waals surface area contributed by atoms with Gasteiger partial charge in [-0.05, 0) is 30.3 Å². The molecule has 0 saturated carbocycles. The minimum atomic E-state index is -0.344. The summed E-state index contributed by atoms with van der Waals surface area (Å²) in [4.78, 5) is 1.01. The van der Waals surface area contributed by atoms with E-state index in [0.29, 0.717) is 23.1 Å². The Morgan fingerprint density at radius 3 is 2.74 bits per heavy atom. The zero-order valence-corrected chi connectivity index (χ0v) is 11.7. The van der Waals surface area contributed by atoms with Gasteiger partial charge in [-0.25, -0.2) is 4.39 Å². The van der Waals surface area contributed by atoms with Crippen molar-refractivity contribution in [2.24, 2.45) is 0 Å². The van der Waals surface area contributed by atoms with Crippen LogP contribution in [0.5, 0.6) is 5.75 Å². The Hall–Kier alpha value is -1.39. The van der Waals surface area contributed by atoms with Crippen molar-refractivity contribution in [2.45, 2.75) is 4.90 Å². The lowest BCUT2D eigenvalue weighted by Crippen LogP contribution is -2.01. The second kappa shape index (κ2) is 6.68. The molecule has 5 heteroatoms. The van der Waals surface area contributed by atoms with Crippen LogP contribution in [-0.4, -0.2) is 12.4 Å². The fraction of sp³-hybridized carbons (Fsp3) is 0.143. The molecular formula is C14H13ClFNOS. The largest absolute Gasteiger partial charge is 0.490 e. The fourth-order valence-corrected chi connectivity index (χ4v) is 2.48. The first-order valence-corrected chi connectivity index (χ1v) is 7.08. The summed E-state index contributed by atoms with van der Waals surface area (Å²) in [6.07, 6.45) is 0. The van der Waals surface area contributed by atoms with Crippen LogP contribution in [0.1, 0.15) is 0 Å². The number of nitrogen functional groups attached to an aromatic ring is 1. The van der Waals surface area contributed by atoms with Crippen LogP contribution in [0, 0.1) is 5.82 Å². The molecule has 0 unspecified atom stereocenters. The Labute approximate surface area is 120 Å². The first-order valence-electron chi connectivity index (χ1n) is 5.72. The number of benzene rings is 2. The summed E-state index contributed by atoms with van der Waals surface area (Å²) < 4.78 is 18.6. The van der Waals surface area contributed by atoms with E-state index in [0.717, 1.165) is 4.90 Å². The Morgan fingerprint density at radius 2 is 2.00 bits per heavy atom. The standard InChI is InChI=1S/C14H13ClFNOS/c15-11-9-10(5-6-13(11)17)19-8-7-18-14-4-2-1-3-12(14)16/h1-6,9H,7-8,17H2. The summed E-state index contributed by atoms with van der Waals surface area (Å²) in [6, 6.07) is 11.8. The van der Waals surface area contributed by atoms with Crippen LogP contribution in [0.3, 0.4) is 0 Å². The molecule has 0 amide bonds. The minimum absolute atomic E-state index is 0.276. The molecule has 0 heterocycles. The van der Waals surface area contributed by atoms with Crippen LogP contribution in [0.15, 0.2) is 47.4 Å². The predicted molar refractivity (Wildman–Crippen MR) is 78.5 cm³/mol. The van der Waals surface area contributed by atoms with Crippen molar-refractivity contribution in [3.63, 3.8) is 0 Å². The lowest BCUT2D eigenvalue weighted by molar-refractivity contribution is 0.325. The van der Waals surface area contributed by atoms with E-state index in [-0.39, 0.29) is 11.6 Å². The highest BCUT2D eigenvalue weighted by molar-refractivity contribution is 7.99. The predicted octanol–water partition coefficient (Wildman–Crippen LogP) is 4.23. The van der Waals surface area contributed by atoms with Gasteiger partial charge in [0.15, 0.2) is 11.6 Å². The Balaban J connectivity index is 1.81. The van der Waals surface area contributed by atoms with Gasteiger partial charge in [0.2, 0.25) is 0 Å². The molecule has 0 aliphatic carbocycles. The quantitative estimate of drug-likeness (QED) is 0.509. The van der Waals surface area contributed by atoms with Crippen LogP contribution in [-0.2, 0) is 0 Å². The van der Waals surface area contributed by atoms with Crippen molar-refractivity contribution in [1.82, 2.24) is 0 Å². The van der Waals surface area contributed by atoms with Gasteiger partial charge in [-0.15, -0.1) is 11.8 Å². The molecule has 2 aromatic carbocycles. The molecule has 0 fully saturated rings. The van der Waals surface area contributed by atoms with Crippen LogP contribution in [0.25, 0.3) is 0 Å². The third-order valence-electron chi connectivity index (χ3n) is 2.42. The summed E-state index contributed by atoms with van der Waals surface area (Å²) in [5.41, 5.74) is 6.19. The molecule has 100 valence electrons.